The number of hydrogen-bond donors (Lipinski definition) is 0. The molecule has 1 aromatic rings. The first-order chi connectivity index (χ1) is 7.31. The van der Waals surface area contributed by atoms with E-state index in [9.17, 15) is 9.59 Å². The number of carbonyl (C=O) groups is 2. The minimum Gasteiger partial charge on any atom is -0.296 e. The normalized spacial score (nSPS) is 16.5. The molecule has 0 aliphatic heterocycles. The summed E-state index contributed by atoms with van der Waals surface area (Å²) in [6.45, 7) is 0. The first kappa shape index (κ1) is 9.96. The van der Waals surface area contributed by atoms with Gasteiger partial charge in [0.25, 0.3) is 0 Å². The predicted molar refractivity (Wildman–Crippen MR) is 53.7 cm³/mol. The van der Waals surface area contributed by atoms with E-state index in [-0.39, 0.29) is 23.2 Å². The van der Waals surface area contributed by atoms with Gasteiger partial charge in [-0.15, -0.1) is 0 Å². The van der Waals surface area contributed by atoms with Crippen LogP contribution in [0.3, 0.4) is 0 Å². The fraction of sp³-hybridized carbons (Fsp3) is 0.455. The molecular weight excluding hydrogens is 192 g/mol. The van der Waals surface area contributed by atoms with E-state index in [0.717, 1.165) is 25.7 Å². The van der Waals surface area contributed by atoms with Gasteiger partial charge in [0.05, 0.1) is 0 Å². The van der Waals surface area contributed by atoms with Crippen LogP contribution in [-0.2, 0) is 0 Å². The standard InChI is InChI=1S/C11H12N2O2/c14-7-9-5-6-12-11(13-9)10(15)8-3-1-2-4-8/h5-8H,1-4H2. The highest BCUT2D eigenvalue weighted by atomic mass is 16.1. The summed E-state index contributed by atoms with van der Waals surface area (Å²) in [6, 6.07) is 1.50. The van der Waals surface area contributed by atoms with Crippen LogP contribution in [0.4, 0.5) is 0 Å². The lowest BCUT2D eigenvalue weighted by Crippen LogP contribution is -2.15. The Labute approximate surface area is 87.7 Å². The molecule has 1 heterocycles. The van der Waals surface area contributed by atoms with Gasteiger partial charge in [0.1, 0.15) is 5.69 Å². The molecule has 1 fully saturated rings. The Morgan fingerprint density at radius 1 is 1.40 bits per heavy atom. The van der Waals surface area contributed by atoms with Gasteiger partial charge in [-0.25, -0.2) is 9.97 Å². The second kappa shape index (κ2) is 4.29. The van der Waals surface area contributed by atoms with E-state index in [4.69, 9.17) is 0 Å². The lowest BCUT2D eigenvalue weighted by Gasteiger charge is -2.05. The number of carbonyl (C=O) groups excluding carboxylic acids is 2. The van der Waals surface area contributed by atoms with Crippen molar-refractivity contribution in [2.24, 2.45) is 5.92 Å². The summed E-state index contributed by atoms with van der Waals surface area (Å²) in [5.41, 5.74) is 0.270. The average Bonchev–Trinajstić information content (AvgIpc) is 2.81. The molecule has 4 nitrogen and oxygen atoms in total. The van der Waals surface area contributed by atoms with Crippen molar-refractivity contribution in [1.82, 2.24) is 9.97 Å². The molecule has 0 amide bonds. The van der Waals surface area contributed by atoms with Crippen LogP contribution in [0.1, 0.15) is 46.8 Å². The Kier molecular flexibility index (Phi) is 2.85. The van der Waals surface area contributed by atoms with Crippen LogP contribution in [0.25, 0.3) is 0 Å². The minimum atomic E-state index is -0.0174. The van der Waals surface area contributed by atoms with Crippen LogP contribution in [0.15, 0.2) is 12.3 Å². The molecule has 1 aromatic heterocycles. The molecule has 0 atom stereocenters. The van der Waals surface area contributed by atoms with E-state index in [1.54, 1.807) is 0 Å². The summed E-state index contributed by atoms with van der Waals surface area (Å²) in [5, 5.41) is 0. The maximum atomic E-state index is 11.9. The quantitative estimate of drug-likeness (QED) is 0.555. The van der Waals surface area contributed by atoms with Crippen molar-refractivity contribution in [2.75, 3.05) is 0 Å². The van der Waals surface area contributed by atoms with Crippen LogP contribution in [0, 0.1) is 5.92 Å². The lowest BCUT2D eigenvalue weighted by atomic mass is 10.0. The number of ketones is 1. The highest BCUT2D eigenvalue weighted by Gasteiger charge is 2.25. The van der Waals surface area contributed by atoms with Crippen molar-refractivity contribution < 1.29 is 9.59 Å². The van der Waals surface area contributed by atoms with Crippen LogP contribution in [0.2, 0.25) is 0 Å². The van der Waals surface area contributed by atoms with Crippen LogP contribution in [-0.4, -0.2) is 22.0 Å². The van der Waals surface area contributed by atoms with Gasteiger partial charge < -0.3 is 0 Å². The van der Waals surface area contributed by atoms with Gasteiger partial charge in [0.15, 0.2) is 12.1 Å². The average molecular weight is 204 g/mol. The highest BCUT2D eigenvalue weighted by Crippen LogP contribution is 2.26. The second-order valence-electron chi connectivity index (χ2n) is 3.77. The van der Waals surface area contributed by atoms with E-state index in [1.165, 1.54) is 12.3 Å². The van der Waals surface area contributed by atoms with Gasteiger partial charge in [-0.2, -0.15) is 0 Å². The molecule has 1 aliphatic rings. The van der Waals surface area contributed by atoms with Crippen molar-refractivity contribution in [1.29, 1.82) is 0 Å². The zero-order valence-corrected chi connectivity index (χ0v) is 8.35. The van der Waals surface area contributed by atoms with Crippen molar-refractivity contribution in [2.45, 2.75) is 25.7 Å². The molecule has 0 saturated heterocycles. The zero-order valence-electron chi connectivity index (χ0n) is 8.35. The van der Waals surface area contributed by atoms with E-state index >= 15 is 0 Å². The second-order valence-corrected chi connectivity index (χ2v) is 3.77. The summed E-state index contributed by atoms with van der Waals surface area (Å²) in [7, 11) is 0. The molecular formula is C11H12N2O2. The first-order valence-corrected chi connectivity index (χ1v) is 5.13. The van der Waals surface area contributed by atoms with Crippen molar-refractivity contribution >= 4 is 12.1 Å². The Balaban J connectivity index is 2.20. The van der Waals surface area contributed by atoms with Crippen LogP contribution < -0.4 is 0 Å². The van der Waals surface area contributed by atoms with E-state index < -0.39 is 0 Å². The predicted octanol–water partition coefficient (Wildman–Crippen LogP) is 1.66. The molecule has 0 N–H and O–H groups in total. The summed E-state index contributed by atoms with van der Waals surface area (Å²) in [5.74, 6) is 0.231. The van der Waals surface area contributed by atoms with E-state index in [2.05, 4.69) is 9.97 Å². The summed E-state index contributed by atoms with van der Waals surface area (Å²) < 4.78 is 0. The van der Waals surface area contributed by atoms with Crippen molar-refractivity contribution in [3.8, 4) is 0 Å². The third-order valence-corrected chi connectivity index (χ3v) is 2.74. The molecule has 0 bridgehead atoms. The number of rotatable bonds is 3. The fourth-order valence-electron chi connectivity index (χ4n) is 1.93. The third-order valence-electron chi connectivity index (χ3n) is 2.74. The van der Waals surface area contributed by atoms with Gasteiger partial charge in [-0.3, -0.25) is 9.59 Å². The Morgan fingerprint density at radius 3 is 2.80 bits per heavy atom. The Morgan fingerprint density at radius 2 is 2.13 bits per heavy atom. The smallest absolute Gasteiger partial charge is 0.203 e. The summed E-state index contributed by atoms with van der Waals surface area (Å²) in [6.07, 6.45) is 6.14. The topological polar surface area (TPSA) is 59.9 Å². The molecule has 1 aliphatic carbocycles. The Bertz CT molecular complexity index is 384. The summed E-state index contributed by atoms with van der Waals surface area (Å²) in [4.78, 5) is 30.2. The van der Waals surface area contributed by atoms with Gasteiger partial charge in [0.2, 0.25) is 5.78 Å². The lowest BCUT2D eigenvalue weighted by molar-refractivity contribution is 0.0912. The minimum absolute atomic E-state index is 0.0174. The first-order valence-electron chi connectivity index (χ1n) is 5.13. The highest BCUT2D eigenvalue weighted by molar-refractivity contribution is 5.95. The van der Waals surface area contributed by atoms with Gasteiger partial charge in [-0.05, 0) is 18.9 Å². The maximum Gasteiger partial charge on any atom is 0.203 e. The van der Waals surface area contributed by atoms with Crippen LogP contribution >= 0.6 is 0 Å². The monoisotopic (exact) mass is 204 g/mol. The fourth-order valence-corrected chi connectivity index (χ4v) is 1.93. The number of aromatic nitrogens is 2. The molecule has 2 rings (SSSR count). The molecule has 0 unspecified atom stereocenters. The number of Topliss-reactive ketones (excluding diaryl/α,β-unsaturated/α-hetero) is 1. The SMILES string of the molecule is O=Cc1ccnc(C(=O)C2CCCC2)n1. The van der Waals surface area contributed by atoms with E-state index in [1.807, 2.05) is 0 Å². The molecule has 4 heteroatoms. The Hall–Kier alpha value is -1.58. The molecule has 1 saturated carbocycles. The van der Waals surface area contributed by atoms with Gasteiger partial charge >= 0.3 is 0 Å². The largest absolute Gasteiger partial charge is 0.296 e. The number of hydrogen-bond acceptors (Lipinski definition) is 4. The van der Waals surface area contributed by atoms with Gasteiger partial charge in [0, 0.05) is 12.1 Å². The molecule has 0 radical (unpaired) electrons. The third kappa shape index (κ3) is 2.09. The number of nitrogens with zero attached hydrogens (tertiary/aromatic N) is 2. The summed E-state index contributed by atoms with van der Waals surface area (Å²) >= 11 is 0. The molecule has 15 heavy (non-hydrogen) atoms. The molecule has 0 spiro atoms. The molecule has 78 valence electrons. The van der Waals surface area contributed by atoms with Crippen molar-refractivity contribution in [3.63, 3.8) is 0 Å². The zero-order chi connectivity index (χ0) is 10.7. The number of aldehydes is 1. The molecule has 0 aromatic carbocycles. The van der Waals surface area contributed by atoms with Crippen molar-refractivity contribution in [3.05, 3.63) is 23.8 Å². The van der Waals surface area contributed by atoms with E-state index in [0.29, 0.717) is 6.29 Å². The maximum absolute atomic E-state index is 11.9. The van der Waals surface area contributed by atoms with Crippen LogP contribution in [0.5, 0.6) is 0 Å². The van der Waals surface area contributed by atoms with Gasteiger partial charge in [-0.1, -0.05) is 12.8 Å².